The van der Waals surface area contributed by atoms with Crippen LogP contribution in [-0.4, -0.2) is 37.6 Å². The number of carbonyl (C=O) groups excluding carboxylic acids is 3. The molecule has 36 heavy (non-hydrogen) atoms. The van der Waals surface area contributed by atoms with Crippen LogP contribution in [0, 0.1) is 5.92 Å². The molecule has 2 amide bonds. The van der Waals surface area contributed by atoms with E-state index < -0.39 is 29.9 Å². The number of esters is 1. The molecule has 2 aliphatic heterocycles. The Kier molecular flexibility index (Phi) is 6.38. The Balaban J connectivity index is 1.50. The van der Waals surface area contributed by atoms with E-state index in [2.05, 4.69) is 0 Å². The highest BCUT2D eigenvalue weighted by molar-refractivity contribution is 6.30. The van der Waals surface area contributed by atoms with E-state index in [1.807, 2.05) is 12.1 Å². The van der Waals surface area contributed by atoms with Gasteiger partial charge in [0.2, 0.25) is 5.91 Å². The molecule has 0 N–H and O–H groups in total. The number of ether oxygens (including phenoxy) is 2. The normalized spacial score (nSPS) is 21.0. The van der Waals surface area contributed by atoms with E-state index in [1.54, 1.807) is 67.6 Å². The van der Waals surface area contributed by atoms with E-state index in [9.17, 15) is 14.4 Å². The summed E-state index contributed by atoms with van der Waals surface area (Å²) in [6, 6.07) is 19.9. The van der Waals surface area contributed by atoms with Crippen LogP contribution in [0.5, 0.6) is 5.75 Å². The number of rotatable bonds is 6. The summed E-state index contributed by atoms with van der Waals surface area (Å²) in [7, 11) is 1.58. The first kappa shape index (κ1) is 23.8. The summed E-state index contributed by atoms with van der Waals surface area (Å²) in [5, 5.41) is 2.16. The Hall–Kier alpha value is -3.88. The van der Waals surface area contributed by atoms with Crippen molar-refractivity contribution in [1.29, 1.82) is 0 Å². The van der Waals surface area contributed by atoms with Gasteiger partial charge in [-0.2, -0.15) is 0 Å². The summed E-state index contributed by atoms with van der Waals surface area (Å²) in [5.74, 6) is -1.44. The maximum absolute atomic E-state index is 13.7. The average molecular weight is 507 g/mol. The van der Waals surface area contributed by atoms with Crippen molar-refractivity contribution in [2.24, 2.45) is 5.92 Å². The number of carbonyl (C=O) groups is 3. The third-order valence-electron chi connectivity index (χ3n) is 6.29. The average Bonchev–Trinajstić information content (AvgIpc) is 3.40. The van der Waals surface area contributed by atoms with Gasteiger partial charge in [-0.05, 0) is 73.2 Å². The molecule has 0 saturated carbocycles. The molecule has 5 rings (SSSR count). The van der Waals surface area contributed by atoms with Crippen molar-refractivity contribution in [3.05, 3.63) is 88.9 Å². The van der Waals surface area contributed by atoms with E-state index in [-0.39, 0.29) is 12.5 Å². The van der Waals surface area contributed by atoms with Gasteiger partial charge in [0.1, 0.15) is 11.7 Å². The second-order valence-electron chi connectivity index (χ2n) is 8.35. The highest BCUT2D eigenvalue weighted by Gasteiger charge is 2.60. The fourth-order valence-electron chi connectivity index (χ4n) is 4.58. The highest BCUT2D eigenvalue weighted by Crippen LogP contribution is 2.47. The second kappa shape index (κ2) is 9.64. The van der Waals surface area contributed by atoms with Crippen LogP contribution in [0.3, 0.4) is 0 Å². The zero-order chi connectivity index (χ0) is 25.4. The number of methoxy groups -OCH3 is 1. The molecule has 2 saturated heterocycles. The van der Waals surface area contributed by atoms with E-state index in [0.717, 1.165) is 10.5 Å². The summed E-state index contributed by atoms with van der Waals surface area (Å²) >= 11 is 6.07. The SMILES string of the molecule is CCOC(=O)c1ccc(N2C(=O)[C@H]3[C@@H](ON(c4ccc(Cl)cc4)[C@H]3c3ccc(OC)cc3)C2=O)cc1. The number of hydroxylamine groups is 1. The lowest BCUT2D eigenvalue weighted by atomic mass is 9.90. The predicted molar refractivity (Wildman–Crippen MR) is 133 cm³/mol. The van der Waals surface area contributed by atoms with Gasteiger partial charge in [0, 0.05) is 5.02 Å². The van der Waals surface area contributed by atoms with Crippen LogP contribution >= 0.6 is 11.6 Å². The number of anilines is 2. The van der Waals surface area contributed by atoms with Crippen LogP contribution in [0.1, 0.15) is 28.9 Å². The first-order chi connectivity index (χ1) is 17.4. The van der Waals surface area contributed by atoms with Crippen molar-refractivity contribution in [2.45, 2.75) is 19.1 Å². The molecule has 0 aliphatic carbocycles. The maximum Gasteiger partial charge on any atom is 0.338 e. The number of halogens is 1. The molecule has 8 nitrogen and oxygen atoms in total. The Labute approximate surface area is 212 Å². The first-order valence-corrected chi connectivity index (χ1v) is 11.8. The molecule has 0 aromatic heterocycles. The highest BCUT2D eigenvalue weighted by atomic mass is 35.5. The van der Waals surface area contributed by atoms with Crippen LogP contribution in [0.25, 0.3) is 0 Å². The minimum absolute atomic E-state index is 0.251. The number of hydrogen-bond acceptors (Lipinski definition) is 7. The maximum atomic E-state index is 13.7. The van der Waals surface area contributed by atoms with E-state index >= 15 is 0 Å². The summed E-state index contributed by atoms with van der Waals surface area (Å²) in [4.78, 5) is 46.4. The number of fused-ring (bicyclic) bond motifs is 1. The van der Waals surface area contributed by atoms with Gasteiger partial charge in [0.25, 0.3) is 5.91 Å². The Morgan fingerprint density at radius 2 is 1.56 bits per heavy atom. The Morgan fingerprint density at radius 1 is 0.917 bits per heavy atom. The number of amides is 2. The second-order valence-corrected chi connectivity index (χ2v) is 8.79. The van der Waals surface area contributed by atoms with Gasteiger partial charge in [0.05, 0.1) is 36.7 Å². The third-order valence-corrected chi connectivity index (χ3v) is 6.54. The van der Waals surface area contributed by atoms with Crippen molar-refractivity contribution in [2.75, 3.05) is 23.7 Å². The lowest BCUT2D eigenvalue weighted by Gasteiger charge is -2.29. The van der Waals surface area contributed by atoms with Gasteiger partial charge in [-0.1, -0.05) is 23.7 Å². The Bertz CT molecular complexity index is 1290. The number of benzene rings is 3. The minimum atomic E-state index is -1.01. The lowest BCUT2D eigenvalue weighted by Crippen LogP contribution is -2.37. The van der Waals surface area contributed by atoms with Gasteiger partial charge in [-0.15, -0.1) is 0 Å². The molecule has 0 bridgehead atoms. The summed E-state index contributed by atoms with van der Waals surface area (Å²) in [6.07, 6.45) is -1.01. The van der Waals surface area contributed by atoms with Crippen LogP contribution in [0.2, 0.25) is 5.02 Å². The van der Waals surface area contributed by atoms with Gasteiger partial charge < -0.3 is 9.47 Å². The molecule has 0 unspecified atom stereocenters. The number of imide groups is 1. The smallest absolute Gasteiger partial charge is 0.338 e. The van der Waals surface area contributed by atoms with Crippen molar-refractivity contribution in [1.82, 2.24) is 0 Å². The van der Waals surface area contributed by atoms with Crippen molar-refractivity contribution in [3.63, 3.8) is 0 Å². The zero-order valence-electron chi connectivity index (χ0n) is 19.6. The molecule has 0 radical (unpaired) electrons. The van der Waals surface area contributed by atoms with Crippen molar-refractivity contribution < 1.29 is 28.7 Å². The molecule has 0 spiro atoms. The molecule has 2 fully saturated rings. The molecule has 2 heterocycles. The molecule has 2 aliphatic rings. The van der Waals surface area contributed by atoms with Crippen molar-refractivity contribution >= 4 is 40.8 Å². The fraction of sp³-hybridized carbons (Fsp3) is 0.222. The number of hydrogen-bond donors (Lipinski definition) is 0. The summed E-state index contributed by atoms with van der Waals surface area (Å²) in [5.41, 5.74) is 2.16. The summed E-state index contributed by atoms with van der Waals surface area (Å²) in [6.45, 7) is 1.97. The molecular weight excluding hydrogens is 484 g/mol. The summed E-state index contributed by atoms with van der Waals surface area (Å²) < 4.78 is 10.3. The van der Waals surface area contributed by atoms with Gasteiger partial charge in [-0.25, -0.2) is 14.8 Å². The van der Waals surface area contributed by atoms with E-state index in [0.29, 0.717) is 27.7 Å². The van der Waals surface area contributed by atoms with E-state index in [4.69, 9.17) is 25.9 Å². The topological polar surface area (TPSA) is 85.4 Å². The molecular formula is C27H23ClN2O6. The monoisotopic (exact) mass is 506 g/mol. The van der Waals surface area contributed by atoms with Gasteiger partial charge in [-0.3, -0.25) is 14.4 Å². The van der Waals surface area contributed by atoms with Crippen LogP contribution in [0.15, 0.2) is 72.8 Å². The standard InChI is InChI=1S/C27H23ClN2O6/c1-3-35-27(33)17-4-10-19(11-5-17)29-25(31)22-23(16-6-14-21(34-2)15-7-16)30(36-24(22)26(29)32)20-12-8-18(28)9-13-20/h4-15,22-24H,3H2,1-2H3/t22-,23+,24-/m1/s1. The van der Waals surface area contributed by atoms with Crippen molar-refractivity contribution in [3.8, 4) is 5.75 Å². The van der Waals surface area contributed by atoms with Crippen LogP contribution < -0.4 is 14.7 Å². The molecule has 3 atom stereocenters. The third kappa shape index (κ3) is 4.08. The zero-order valence-corrected chi connectivity index (χ0v) is 20.3. The molecule has 9 heteroatoms. The fourth-order valence-corrected chi connectivity index (χ4v) is 4.71. The quantitative estimate of drug-likeness (QED) is 0.357. The minimum Gasteiger partial charge on any atom is -0.497 e. The van der Waals surface area contributed by atoms with E-state index in [1.165, 1.54) is 12.1 Å². The first-order valence-electron chi connectivity index (χ1n) is 11.4. The molecule has 184 valence electrons. The lowest BCUT2D eigenvalue weighted by molar-refractivity contribution is -0.126. The van der Waals surface area contributed by atoms with Gasteiger partial charge >= 0.3 is 5.97 Å². The predicted octanol–water partition coefficient (Wildman–Crippen LogP) is 4.58. The number of nitrogens with zero attached hydrogens (tertiary/aromatic N) is 2. The molecule has 3 aromatic rings. The van der Waals surface area contributed by atoms with Crippen LogP contribution in [-0.2, 0) is 19.2 Å². The Morgan fingerprint density at radius 3 is 2.17 bits per heavy atom. The van der Waals surface area contributed by atoms with Crippen LogP contribution in [0.4, 0.5) is 11.4 Å². The molecule has 3 aromatic carbocycles. The largest absolute Gasteiger partial charge is 0.497 e. The van der Waals surface area contributed by atoms with Gasteiger partial charge in [0.15, 0.2) is 6.10 Å².